The van der Waals surface area contributed by atoms with Crippen molar-refractivity contribution in [2.24, 2.45) is 0 Å². The lowest BCUT2D eigenvalue weighted by atomic mass is 10.1. The Morgan fingerprint density at radius 2 is 1.96 bits per heavy atom. The van der Waals surface area contributed by atoms with Gasteiger partial charge < -0.3 is 28.4 Å². The zero-order valence-electron chi connectivity index (χ0n) is 14.6. The summed E-state index contributed by atoms with van der Waals surface area (Å²) in [6.45, 7) is 7.81. The second-order valence-electron chi connectivity index (χ2n) is 7.25. The third kappa shape index (κ3) is 3.32. The van der Waals surface area contributed by atoms with E-state index in [0.29, 0.717) is 6.61 Å². The maximum atomic E-state index is 6.07. The second-order valence-corrected chi connectivity index (χ2v) is 7.60. The molecule has 4 heterocycles. The molecule has 8 nitrogen and oxygen atoms in total. The largest absolute Gasteiger partial charge is 0.461 e. The summed E-state index contributed by atoms with van der Waals surface area (Å²) in [6.07, 6.45) is 2.79. The first kappa shape index (κ1) is 17.3. The van der Waals surface area contributed by atoms with Crippen molar-refractivity contribution in [1.29, 1.82) is 0 Å². The van der Waals surface area contributed by atoms with Gasteiger partial charge in [0.15, 0.2) is 30.1 Å². The molecule has 3 fully saturated rings. The molecule has 25 heavy (non-hydrogen) atoms. The van der Waals surface area contributed by atoms with Crippen molar-refractivity contribution in [1.82, 2.24) is 9.55 Å². The number of aromatic nitrogens is 2. The number of imidazole rings is 1. The molecule has 0 saturated carbocycles. The third-order valence-electron chi connectivity index (χ3n) is 4.38. The van der Waals surface area contributed by atoms with Gasteiger partial charge in [-0.05, 0) is 39.9 Å². The van der Waals surface area contributed by atoms with E-state index in [1.54, 1.807) is 23.3 Å². The van der Waals surface area contributed by atoms with Crippen LogP contribution in [-0.4, -0.2) is 63.6 Å². The highest BCUT2D eigenvalue weighted by atomic mass is 32.1. The van der Waals surface area contributed by atoms with Crippen molar-refractivity contribution in [3.63, 3.8) is 0 Å². The van der Waals surface area contributed by atoms with Gasteiger partial charge in [0.2, 0.25) is 0 Å². The predicted octanol–water partition coefficient (Wildman–Crippen LogP) is 1.43. The molecule has 0 unspecified atom stereocenters. The Balaban J connectivity index is 1.55. The fourth-order valence-corrected chi connectivity index (χ4v) is 3.58. The summed E-state index contributed by atoms with van der Waals surface area (Å²) < 4.78 is 37.2. The molecule has 1 aromatic rings. The molecule has 3 saturated heterocycles. The molecular weight excluding hydrogens is 348 g/mol. The maximum absolute atomic E-state index is 6.07. The van der Waals surface area contributed by atoms with E-state index in [1.165, 1.54) is 0 Å². The van der Waals surface area contributed by atoms with Gasteiger partial charge in [0.25, 0.3) is 5.17 Å². The first-order valence-electron chi connectivity index (χ1n) is 8.26. The average Bonchev–Trinajstić information content (AvgIpc) is 3.24. The first-order chi connectivity index (χ1) is 11.7. The summed E-state index contributed by atoms with van der Waals surface area (Å²) in [5, 5.41) is 0.267. The minimum absolute atomic E-state index is 0.267. The number of fused-ring (bicyclic) bond motifs is 1. The number of hydrogen-bond acceptors (Lipinski definition) is 8. The van der Waals surface area contributed by atoms with Gasteiger partial charge in [-0.3, -0.25) is 4.57 Å². The molecule has 138 valence electrons. The molecule has 3 aliphatic rings. The lowest BCUT2D eigenvalue weighted by Gasteiger charge is -2.29. The van der Waals surface area contributed by atoms with Crippen LogP contribution in [0.25, 0.3) is 0 Å². The number of hydrogen-bond donors (Lipinski definition) is 0. The fraction of sp³-hybridized carbons (Fsp3) is 0.750. The molecule has 5 atom stereocenters. The maximum Gasteiger partial charge on any atom is 0.269 e. The van der Waals surface area contributed by atoms with E-state index in [4.69, 9.17) is 40.6 Å². The summed E-state index contributed by atoms with van der Waals surface area (Å²) >= 11 is 5.38. The molecular formula is C16H22N2O6S. The van der Waals surface area contributed by atoms with Crippen LogP contribution in [0.2, 0.25) is 0 Å². The average molecular weight is 370 g/mol. The number of rotatable bonds is 2. The normalized spacial score (nSPS) is 38.6. The van der Waals surface area contributed by atoms with Crippen LogP contribution in [0.15, 0.2) is 18.7 Å². The van der Waals surface area contributed by atoms with Crippen molar-refractivity contribution in [2.75, 3.05) is 6.61 Å². The van der Waals surface area contributed by atoms with Crippen LogP contribution >= 0.6 is 12.2 Å². The van der Waals surface area contributed by atoms with Gasteiger partial charge in [0.1, 0.15) is 18.5 Å². The van der Waals surface area contributed by atoms with E-state index in [9.17, 15) is 0 Å². The highest BCUT2D eigenvalue weighted by Gasteiger charge is 2.59. The summed E-state index contributed by atoms with van der Waals surface area (Å²) in [7, 11) is 0. The third-order valence-corrected chi connectivity index (χ3v) is 4.68. The molecule has 0 aromatic carbocycles. The Bertz CT molecular complexity index is 649. The molecule has 0 spiro atoms. The highest BCUT2D eigenvalue weighted by molar-refractivity contribution is 7.80. The van der Waals surface area contributed by atoms with Crippen molar-refractivity contribution in [2.45, 2.75) is 70.0 Å². The van der Waals surface area contributed by atoms with Crippen molar-refractivity contribution in [3.8, 4) is 0 Å². The van der Waals surface area contributed by atoms with Gasteiger partial charge in [0.05, 0.1) is 6.61 Å². The zero-order valence-corrected chi connectivity index (χ0v) is 15.4. The lowest BCUT2D eigenvalue weighted by Crippen LogP contribution is -2.45. The number of nitrogens with zero attached hydrogens (tertiary/aromatic N) is 2. The van der Waals surface area contributed by atoms with Gasteiger partial charge in [-0.25, -0.2) is 4.98 Å². The summed E-state index contributed by atoms with van der Waals surface area (Å²) in [5.41, 5.74) is 0. The van der Waals surface area contributed by atoms with Gasteiger partial charge in [-0.2, -0.15) is 0 Å². The van der Waals surface area contributed by atoms with Crippen LogP contribution in [0.3, 0.4) is 0 Å². The van der Waals surface area contributed by atoms with Gasteiger partial charge in [-0.1, -0.05) is 0 Å². The molecule has 3 aliphatic heterocycles. The Morgan fingerprint density at radius 3 is 2.60 bits per heavy atom. The van der Waals surface area contributed by atoms with Crippen LogP contribution in [0, 0.1) is 0 Å². The molecule has 0 amide bonds. The van der Waals surface area contributed by atoms with E-state index < -0.39 is 36.2 Å². The molecule has 0 bridgehead atoms. The number of thiocarbonyl (C=S) groups is 1. The van der Waals surface area contributed by atoms with E-state index in [-0.39, 0.29) is 11.3 Å². The van der Waals surface area contributed by atoms with Gasteiger partial charge in [0, 0.05) is 12.4 Å². The van der Waals surface area contributed by atoms with Gasteiger partial charge in [-0.15, -0.1) is 0 Å². The van der Waals surface area contributed by atoms with E-state index in [1.807, 2.05) is 27.7 Å². The molecule has 0 aliphatic carbocycles. The Hall–Kier alpha value is -1.10. The molecule has 0 N–H and O–H groups in total. The number of ether oxygens (including phenoxy) is 6. The van der Waals surface area contributed by atoms with Crippen LogP contribution in [0.5, 0.6) is 0 Å². The van der Waals surface area contributed by atoms with Crippen LogP contribution in [-0.2, 0) is 28.4 Å². The van der Waals surface area contributed by atoms with Crippen LogP contribution in [0.4, 0.5) is 0 Å². The first-order valence-corrected chi connectivity index (χ1v) is 8.67. The Labute approximate surface area is 151 Å². The minimum atomic E-state index is -0.745. The fourth-order valence-electron chi connectivity index (χ4n) is 3.36. The van der Waals surface area contributed by atoms with E-state index in [0.717, 1.165) is 0 Å². The molecule has 0 radical (unpaired) electrons. The van der Waals surface area contributed by atoms with Gasteiger partial charge >= 0.3 is 0 Å². The molecule has 9 heteroatoms. The van der Waals surface area contributed by atoms with Crippen molar-refractivity contribution in [3.05, 3.63) is 18.7 Å². The van der Waals surface area contributed by atoms with E-state index >= 15 is 0 Å². The predicted molar refractivity (Wildman–Crippen MR) is 88.7 cm³/mol. The smallest absolute Gasteiger partial charge is 0.269 e. The standard InChI is InChI=1S/C16H22N2O6S/c1-15(2)19-7-9(22-15)10-11(21-14(25)18-6-5-17-8-18)12-13(20-10)24-16(3,4)23-12/h5-6,8-13H,7H2,1-4H3/t9-,10-,11-,12-,13-/m1/s1. The van der Waals surface area contributed by atoms with E-state index in [2.05, 4.69) is 4.98 Å². The summed E-state index contributed by atoms with van der Waals surface area (Å²) in [6, 6.07) is 0. The molecule has 4 rings (SSSR count). The highest BCUT2D eigenvalue weighted by Crippen LogP contribution is 2.42. The second kappa shape index (κ2) is 5.97. The lowest BCUT2D eigenvalue weighted by molar-refractivity contribution is -0.231. The quantitative estimate of drug-likeness (QED) is 0.724. The van der Waals surface area contributed by atoms with Crippen LogP contribution < -0.4 is 0 Å². The monoisotopic (exact) mass is 370 g/mol. The molecule has 1 aromatic heterocycles. The summed E-state index contributed by atoms with van der Waals surface area (Å²) in [4.78, 5) is 3.99. The van der Waals surface area contributed by atoms with Crippen molar-refractivity contribution >= 4 is 17.4 Å². The Kier molecular flexibility index (Phi) is 4.13. The zero-order chi connectivity index (χ0) is 17.8. The van der Waals surface area contributed by atoms with Crippen molar-refractivity contribution < 1.29 is 28.4 Å². The minimum Gasteiger partial charge on any atom is -0.461 e. The topological polar surface area (TPSA) is 73.2 Å². The summed E-state index contributed by atoms with van der Waals surface area (Å²) in [5.74, 6) is -1.41. The SMILES string of the molecule is CC1(C)O[C@H]2O[C@H]([C@H]3COC(C)(C)O3)[C@@H](OC(=S)n3ccnc3)[C@H]2O1. The Morgan fingerprint density at radius 1 is 1.16 bits per heavy atom. The van der Waals surface area contributed by atoms with Crippen LogP contribution in [0.1, 0.15) is 27.7 Å².